The van der Waals surface area contributed by atoms with Crippen LogP contribution in [-0.4, -0.2) is 13.1 Å². The molecule has 1 N–H and O–H groups in total. The van der Waals surface area contributed by atoms with E-state index in [4.69, 9.17) is 0 Å². The lowest BCUT2D eigenvalue weighted by Crippen LogP contribution is -2.27. The molecular weight excluding hydrogens is 238 g/mol. The average Bonchev–Trinajstić information content (AvgIpc) is 2.02. The summed E-state index contributed by atoms with van der Waals surface area (Å²) < 4.78 is 24.7. The van der Waals surface area contributed by atoms with Crippen LogP contribution < -0.4 is 4.72 Å². The van der Waals surface area contributed by atoms with Crippen molar-refractivity contribution in [2.24, 2.45) is 0 Å². The first kappa shape index (κ1) is 11.9. The van der Waals surface area contributed by atoms with E-state index in [-0.39, 0.29) is 4.90 Å². The molecular formula is C8H11NO2S3. The van der Waals surface area contributed by atoms with Crippen molar-refractivity contribution in [2.45, 2.75) is 16.5 Å². The molecule has 0 heterocycles. The van der Waals surface area contributed by atoms with Gasteiger partial charge in [-0.15, -0.1) is 25.3 Å². The Kier molecular flexibility index (Phi) is 3.88. The highest BCUT2D eigenvalue weighted by atomic mass is 32.2. The summed E-state index contributed by atoms with van der Waals surface area (Å²) in [5.41, 5.74) is 1.01. The molecule has 0 unspecified atom stereocenters. The summed E-state index contributed by atoms with van der Waals surface area (Å²) in [5.74, 6) is 0. The topological polar surface area (TPSA) is 46.2 Å². The Labute approximate surface area is 94.8 Å². The Bertz CT molecular complexity index is 397. The molecule has 1 rings (SSSR count). The van der Waals surface area contributed by atoms with Gasteiger partial charge < -0.3 is 0 Å². The van der Waals surface area contributed by atoms with Gasteiger partial charge in [-0.3, -0.25) is 0 Å². The standard InChI is InChI=1S/C8H11NO2S3/c1-6-2-4-7(5-3-6)14(10,11)9-8(12)13/h2-5,8-9,12-13H,1H3. The van der Waals surface area contributed by atoms with Gasteiger partial charge in [-0.25, -0.2) is 8.42 Å². The number of hydrogen-bond acceptors (Lipinski definition) is 4. The molecule has 0 aliphatic rings. The molecule has 0 bridgehead atoms. The van der Waals surface area contributed by atoms with Crippen molar-refractivity contribution >= 4 is 35.3 Å². The van der Waals surface area contributed by atoms with Crippen LogP contribution in [0.3, 0.4) is 0 Å². The van der Waals surface area contributed by atoms with Gasteiger partial charge in [0, 0.05) is 0 Å². The van der Waals surface area contributed by atoms with Gasteiger partial charge in [-0.05, 0) is 19.1 Å². The Hall–Kier alpha value is -0.170. The van der Waals surface area contributed by atoms with Crippen molar-refractivity contribution in [3.8, 4) is 0 Å². The van der Waals surface area contributed by atoms with Gasteiger partial charge in [0.25, 0.3) is 0 Å². The van der Waals surface area contributed by atoms with Crippen LogP contribution >= 0.6 is 25.3 Å². The molecule has 14 heavy (non-hydrogen) atoms. The smallest absolute Gasteiger partial charge is 0.207 e. The van der Waals surface area contributed by atoms with Gasteiger partial charge in [0.05, 0.1) is 4.90 Å². The highest BCUT2D eigenvalue weighted by molar-refractivity contribution is 8.00. The van der Waals surface area contributed by atoms with Gasteiger partial charge >= 0.3 is 0 Å². The Morgan fingerprint density at radius 1 is 1.21 bits per heavy atom. The largest absolute Gasteiger partial charge is 0.242 e. The molecule has 1 aromatic rings. The maximum Gasteiger partial charge on any atom is 0.242 e. The number of sulfonamides is 1. The second kappa shape index (κ2) is 4.57. The van der Waals surface area contributed by atoms with Crippen molar-refractivity contribution < 1.29 is 8.42 Å². The lowest BCUT2D eigenvalue weighted by Gasteiger charge is -2.08. The third-order valence-corrected chi connectivity index (χ3v) is 3.64. The molecule has 0 saturated carbocycles. The molecule has 1 aromatic carbocycles. The van der Waals surface area contributed by atoms with Crippen molar-refractivity contribution in [3.63, 3.8) is 0 Å². The van der Waals surface area contributed by atoms with Gasteiger partial charge in [-0.1, -0.05) is 17.7 Å². The second-order valence-corrected chi connectivity index (χ2v) is 5.96. The zero-order valence-corrected chi connectivity index (χ0v) is 10.1. The molecule has 6 heteroatoms. The lowest BCUT2D eigenvalue weighted by atomic mass is 10.2. The summed E-state index contributed by atoms with van der Waals surface area (Å²) in [4.78, 5) is 0.219. The molecule has 0 atom stereocenters. The minimum atomic E-state index is -3.48. The fourth-order valence-electron chi connectivity index (χ4n) is 0.924. The Balaban J connectivity index is 2.99. The van der Waals surface area contributed by atoms with Crippen LogP contribution in [0.1, 0.15) is 5.56 Å². The molecule has 0 saturated heterocycles. The summed E-state index contributed by atoms with van der Waals surface area (Å²) in [6, 6.07) is 6.56. The maximum absolute atomic E-state index is 11.5. The maximum atomic E-state index is 11.5. The first-order valence-corrected chi connectivity index (χ1v) is 6.38. The predicted octanol–water partition coefficient (Wildman–Crippen LogP) is 1.42. The minimum absolute atomic E-state index is 0.219. The van der Waals surface area contributed by atoms with E-state index in [0.29, 0.717) is 0 Å². The quantitative estimate of drug-likeness (QED) is 0.560. The van der Waals surface area contributed by atoms with Crippen LogP contribution in [0.4, 0.5) is 0 Å². The Morgan fingerprint density at radius 3 is 2.14 bits per heavy atom. The van der Waals surface area contributed by atoms with E-state index in [9.17, 15) is 8.42 Å². The number of benzene rings is 1. The van der Waals surface area contributed by atoms with Crippen molar-refractivity contribution in [1.82, 2.24) is 4.72 Å². The number of hydrogen-bond donors (Lipinski definition) is 3. The van der Waals surface area contributed by atoms with Crippen LogP contribution in [0, 0.1) is 6.92 Å². The van der Waals surface area contributed by atoms with E-state index in [1.54, 1.807) is 24.3 Å². The van der Waals surface area contributed by atoms with E-state index in [1.807, 2.05) is 6.92 Å². The molecule has 0 fully saturated rings. The summed E-state index contributed by atoms with van der Waals surface area (Å²) in [5, 5.41) is 0. The number of aryl methyl sites for hydroxylation is 1. The first-order chi connectivity index (χ1) is 6.42. The monoisotopic (exact) mass is 249 g/mol. The fourth-order valence-corrected chi connectivity index (χ4v) is 2.66. The molecule has 3 nitrogen and oxygen atoms in total. The summed E-state index contributed by atoms with van der Waals surface area (Å²) in [6.07, 6.45) is 0. The van der Waals surface area contributed by atoms with E-state index in [0.717, 1.165) is 5.56 Å². The van der Waals surface area contributed by atoms with Gasteiger partial charge in [-0.2, -0.15) is 4.72 Å². The zero-order chi connectivity index (χ0) is 10.8. The van der Waals surface area contributed by atoms with E-state index in [1.165, 1.54) is 0 Å². The van der Waals surface area contributed by atoms with E-state index in [2.05, 4.69) is 30.0 Å². The molecule has 0 aromatic heterocycles. The average molecular weight is 249 g/mol. The third-order valence-electron chi connectivity index (χ3n) is 1.59. The lowest BCUT2D eigenvalue weighted by molar-refractivity contribution is 0.586. The number of nitrogens with one attached hydrogen (secondary N) is 1. The van der Waals surface area contributed by atoms with Crippen LogP contribution in [0.25, 0.3) is 0 Å². The molecule has 0 amide bonds. The summed E-state index contributed by atoms with van der Waals surface area (Å²) in [7, 11) is -3.48. The normalized spacial score (nSPS) is 12.0. The van der Waals surface area contributed by atoms with Crippen molar-refractivity contribution in [2.75, 3.05) is 0 Å². The fraction of sp³-hybridized carbons (Fsp3) is 0.250. The zero-order valence-electron chi connectivity index (χ0n) is 7.51. The molecule has 0 radical (unpaired) electrons. The summed E-state index contributed by atoms with van der Waals surface area (Å²) in [6.45, 7) is 1.89. The highest BCUT2D eigenvalue weighted by Crippen LogP contribution is 2.11. The number of thiol groups is 2. The van der Waals surface area contributed by atoms with Crippen LogP contribution in [0.5, 0.6) is 0 Å². The van der Waals surface area contributed by atoms with E-state index < -0.39 is 14.7 Å². The summed E-state index contributed by atoms with van der Waals surface area (Å²) >= 11 is 7.67. The second-order valence-electron chi connectivity index (χ2n) is 2.81. The minimum Gasteiger partial charge on any atom is -0.207 e. The molecule has 0 aliphatic carbocycles. The van der Waals surface area contributed by atoms with Gasteiger partial charge in [0.15, 0.2) is 0 Å². The van der Waals surface area contributed by atoms with Crippen LogP contribution in [0.15, 0.2) is 29.2 Å². The number of rotatable bonds is 3. The van der Waals surface area contributed by atoms with Crippen LogP contribution in [0.2, 0.25) is 0 Å². The highest BCUT2D eigenvalue weighted by Gasteiger charge is 2.14. The van der Waals surface area contributed by atoms with Crippen molar-refractivity contribution in [3.05, 3.63) is 29.8 Å². The molecule has 0 spiro atoms. The molecule has 0 aliphatic heterocycles. The van der Waals surface area contributed by atoms with Crippen molar-refractivity contribution in [1.29, 1.82) is 0 Å². The van der Waals surface area contributed by atoms with Crippen LogP contribution in [-0.2, 0) is 10.0 Å². The van der Waals surface area contributed by atoms with Gasteiger partial charge in [0.2, 0.25) is 10.0 Å². The van der Waals surface area contributed by atoms with E-state index >= 15 is 0 Å². The Morgan fingerprint density at radius 2 is 1.71 bits per heavy atom. The third kappa shape index (κ3) is 3.20. The molecule has 78 valence electrons. The van der Waals surface area contributed by atoms with Gasteiger partial charge in [0.1, 0.15) is 4.71 Å². The SMILES string of the molecule is Cc1ccc(S(=O)(=O)NC(S)S)cc1. The predicted molar refractivity (Wildman–Crippen MR) is 63.3 cm³/mol. The first-order valence-electron chi connectivity index (χ1n) is 3.87.